The molecule has 0 bridgehead atoms. The van der Waals surface area contributed by atoms with Gasteiger partial charge >= 0.3 is 0 Å². The minimum atomic E-state index is -0.213. The van der Waals surface area contributed by atoms with Crippen LogP contribution < -0.4 is 15.0 Å². The number of benzene rings is 1. The predicted octanol–water partition coefficient (Wildman–Crippen LogP) is 1.88. The van der Waals surface area contributed by atoms with Gasteiger partial charge in [0, 0.05) is 24.8 Å². The number of nitrogens with one attached hydrogen (secondary N) is 1. The molecule has 0 saturated heterocycles. The monoisotopic (exact) mass is 266 g/mol. The maximum Gasteiger partial charge on any atom is 0.119 e. The smallest absolute Gasteiger partial charge is 0.119 e. The first-order valence-corrected chi connectivity index (χ1v) is 6.75. The van der Waals surface area contributed by atoms with Gasteiger partial charge in [-0.25, -0.2) is 0 Å². The molecule has 4 heteroatoms. The van der Waals surface area contributed by atoms with Crippen LogP contribution in [0.4, 0.5) is 5.69 Å². The molecule has 108 valence electrons. The lowest BCUT2D eigenvalue weighted by molar-refractivity contribution is 0.169. The van der Waals surface area contributed by atoms with E-state index in [1.807, 2.05) is 24.3 Å². The highest BCUT2D eigenvalue weighted by molar-refractivity contribution is 5.48. The van der Waals surface area contributed by atoms with Crippen molar-refractivity contribution in [3.8, 4) is 5.75 Å². The van der Waals surface area contributed by atoms with Gasteiger partial charge in [-0.3, -0.25) is 0 Å². The summed E-state index contributed by atoms with van der Waals surface area (Å²) >= 11 is 0. The molecule has 0 aliphatic heterocycles. The number of hydrogen-bond acceptors (Lipinski definition) is 4. The van der Waals surface area contributed by atoms with E-state index in [4.69, 9.17) is 4.74 Å². The van der Waals surface area contributed by atoms with Gasteiger partial charge in [-0.15, -0.1) is 0 Å². The lowest BCUT2D eigenvalue weighted by Crippen LogP contribution is -2.47. The molecule has 19 heavy (non-hydrogen) atoms. The van der Waals surface area contributed by atoms with Crippen LogP contribution in [0.5, 0.6) is 5.75 Å². The molecule has 0 amide bonds. The second-order valence-corrected chi connectivity index (χ2v) is 5.12. The quantitative estimate of drug-likeness (QED) is 0.754. The number of ether oxygens (including phenoxy) is 1. The SMILES string of the molecule is CCNC(C)(CO)CCN(C)c1ccc(OC)cc1. The van der Waals surface area contributed by atoms with Gasteiger partial charge in [0.05, 0.1) is 13.7 Å². The predicted molar refractivity (Wildman–Crippen MR) is 80.0 cm³/mol. The van der Waals surface area contributed by atoms with Gasteiger partial charge in [0.1, 0.15) is 5.75 Å². The third kappa shape index (κ3) is 4.73. The third-order valence-corrected chi connectivity index (χ3v) is 3.46. The second kappa shape index (κ2) is 7.36. The molecule has 0 fully saturated rings. The number of anilines is 1. The molecule has 0 aliphatic carbocycles. The van der Waals surface area contributed by atoms with E-state index in [2.05, 4.69) is 31.1 Å². The van der Waals surface area contributed by atoms with Crippen LogP contribution in [0, 0.1) is 0 Å². The van der Waals surface area contributed by atoms with Crippen molar-refractivity contribution in [3.63, 3.8) is 0 Å². The number of likely N-dealkylation sites (N-methyl/N-ethyl adjacent to an activating group) is 1. The van der Waals surface area contributed by atoms with E-state index in [1.165, 1.54) is 0 Å². The Labute approximate surface area is 116 Å². The Kier molecular flexibility index (Phi) is 6.12. The Morgan fingerprint density at radius 3 is 2.42 bits per heavy atom. The molecule has 4 nitrogen and oxygen atoms in total. The summed E-state index contributed by atoms with van der Waals surface area (Å²) in [4.78, 5) is 2.19. The van der Waals surface area contributed by atoms with E-state index < -0.39 is 0 Å². The highest BCUT2D eigenvalue weighted by Crippen LogP contribution is 2.19. The fraction of sp³-hybridized carbons (Fsp3) is 0.600. The number of aliphatic hydroxyl groups excluding tert-OH is 1. The molecule has 0 radical (unpaired) electrons. The lowest BCUT2D eigenvalue weighted by atomic mass is 9.98. The number of rotatable bonds is 8. The molecule has 2 N–H and O–H groups in total. The van der Waals surface area contributed by atoms with Gasteiger partial charge in [-0.2, -0.15) is 0 Å². The van der Waals surface area contributed by atoms with Gasteiger partial charge in [-0.1, -0.05) is 6.92 Å². The van der Waals surface area contributed by atoms with Crippen molar-refractivity contribution in [2.45, 2.75) is 25.8 Å². The van der Waals surface area contributed by atoms with Crippen LogP contribution in [0.1, 0.15) is 20.3 Å². The van der Waals surface area contributed by atoms with Crippen molar-refractivity contribution in [2.75, 3.05) is 38.8 Å². The number of methoxy groups -OCH3 is 1. The summed E-state index contributed by atoms with van der Waals surface area (Å²) in [7, 11) is 3.73. The van der Waals surface area contributed by atoms with E-state index in [-0.39, 0.29) is 12.1 Å². The molecule has 0 heterocycles. The molecule has 1 aromatic rings. The minimum Gasteiger partial charge on any atom is -0.497 e. The topological polar surface area (TPSA) is 44.7 Å². The molecular weight excluding hydrogens is 240 g/mol. The van der Waals surface area contributed by atoms with Crippen molar-refractivity contribution in [3.05, 3.63) is 24.3 Å². The first-order valence-electron chi connectivity index (χ1n) is 6.75. The van der Waals surface area contributed by atoms with Gasteiger partial charge in [0.2, 0.25) is 0 Å². The standard InChI is InChI=1S/C15H26N2O2/c1-5-16-15(2,12-18)10-11-17(3)13-6-8-14(19-4)9-7-13/h6-9,16,18H,5,10-12H2,1-4H3. The van der Waals surface area contributed by atoms with Crippen LogP contribution >= 0.6 is 0 Å². The Hall–Kier alpha value is -1.26. The van der Waals surface area contributed by atoms with Crippen molar-refractivity contribution >= 4 is 5.69 Å². The Morgan fingerprint density at radius 1 is 1.32 bits per heavy atom. The van der Waals surface area contributed by atoms with Crippen LogP contribution in [-0.4, -0.2) is 44.5 Å². The second-order valence-electron chi connectivity index (χ2n) is 5.12. The molecule has 1 rings (SSSR count). The van der Waals surface area contributed by atoms with E-state index >= 15 is 0 Å². The highest BCUT2D eigenvalue weighted by atomic mass is 16.5. The maximum absolute atomic E-state index is 9.47. The number of hydrogen-bond donors (Lipinski definition) is 2. The summed E-state index contributed by atoms with van der Waals surface area (Å²) < 4.78 is 5.15. The molecule has 0 spiro atoms. The van der Waals surface area contributed by atoms with Crippen LogP contribution in [0.3, 0.4) is 0 Å². The van der Waals surface area contributed by atoms with Crippen LogP contribution in [0.25, 0.3) is 0 Å². The third-order valence-electron chi connectivity index (χ3n) is 3.46. The van der Waals surface area contributed by atoms with E-state index in [9.17, 15) is 5.11 Å². The molecule has 1 unspecified atom stereocenters. The summed E-state index contributed by atoms with van der Waals surface area (Å²) in [6, 6.07) is 8.01. The molecule has 1 aromatic carbocycles. The zero-order chi connectivity index (χ0) is 14.3. The zero-order valence-electron chi connectivity index (χ0n) is 12.4. The molecular formula is C15H26N2O2. The Morgan fingerprint density at radius 2 is 1.95 bits per heavy atom. The largest absolute Gasteiger partial charge is 0.497 e. The summed E-state index contributed by atoms with van der Waals surface area (Å²) in [5.41, 5.74) is 0.938. The fourth-order valence-electron chi connectivity index (χ4n) is 2.03. The first-order chi connectivity index (χ1) is 9.04. The molecule has 1 atom stereocenters. The average Bonchev–Trinajstić information content (AvgIpc) is 2.45. The molecule has 0 saturated carbocycles. The number of aliphatic hydroxyl groups is 1. The lowest BCUT2D eigenvalue weighted by Gasteiger charge is -2.31. The Bertz CT molecular complexity index is 367. The van der Waals surface area contributed by atoms with Crippen molar-refractivity contribution in [1.82, 2.24) is 5.32 Å². The summed E-state index contributed by atoms with van der Waals surface area (Å²) in [5.74, 6) is 0.866. The van der Waals surface area contributed by atoms with Crippen LogP contribution in [0.15, 0.2) is 24.3 Å². The van der Waals surface area contributed by atoms with Gasteiger partial charge in [0.15, 0.2) is 0 Å². The summed E-state index contributed by atoms with van der Waals surface area (Å²) in [6.45, 7) is 6.01. The van der Waals surface area contributed by atoms with Crippen molar-refractivity contribution in [1.29, 1.82) is 0 Å². The normalized spacial score (nSPS) is 13.9. The Balaban J connectivity index is 2.56. The van der Waals surface area contributed by atoms with Crippen LogP contribution in [-0.2, 0) is 0 Å². The summed E-state index contributed by atoms with van der Waals surface area (Å²) in [6.07, 6.45) is 0.889. The zero-order valence-corrected chi connectivity index (χ0v) is 12.4. The van der Waals surface area contributed by atoms with Gasteiger partial charge in [0.25, 0.3) is 0 Å². The maximum atomic E-state index is 9.47. The fourth-order valence-corrected chi connectivity index (χ4v) is 2.03. The summed E-state index contributed by atoms with van der Waals surface area (Å²) in [5, 5.41) is 12.8. The number of nitrogens with zero attached hydrogens (tertiary/aromatic N) is 1. The molecule has 0 aromatic heterocycles. The first kappa shape index (κ1) is 15.8. The van der Waals surface area contributed by atoms with E-state index in [0.29, 0.717) is 0 Å². The van der Waals surface area contributed by atoms with Crippen molar-refractivity contribution in [2.24, 2.45) is 0 Å². The average molecular weight is 266 g/mol. The van der Waals surface area contributed by atoms with Gasteiger partial charge < -0.3 is 20.1 Å². The van der Waals surface area contributed by atoms with Crippen LogP contribution in [0.2, 0.25) is 0 Å². The van der Waals surface area contributed by atoms with E-state index in [1.54, 1.807) is 7.11 Å². The van der Waals surface area contributed by atoms with E-state index in [0.717, 1.165) is 30.9 Å². The van der Waals surface area contributed by atoms with Gasteiger partial charge in [-0.05, 0) is 44.2 Å². The minimum absolute atomic E-state index is 0.150. The van der Waals surface area contributed by atoms with Crippen molar-refractivity contribution < 1.29 is 9.84 Å². The molecule has 0 aliphatic rings. The highest BCUT2D eigenvalue weighted by Gasteiger charge is 2.22.